The molecule has 1 aromatic heterocycles. The van der Waals surface area contributed by atoms with Gasteiger partial charge in [-0.05, 0) is 31.4 Å². The summed E-state index contributed by atoms with van der Waals surface area (Å²) in [6.07, 6.45) is 0.834. The summed E-state index contributed by atoms with van der Waals surface area (Å²) in [5, 5.41) is 7.49. The van der Waals surface area contributed by atoms with Gasteiger partial charge < -0.3 is 10.1 Å². The van der Waals surface area contributed by atoms with Crippen LogP contribution in [0.1, 0.15) is 18.9 Å². The Labute approximate surface area is 169 Å². The Balaban J connectivity index is 1.55. The monoisotopic (exact) mass is 389 g/mol. The molecule has 3 aromatic rings. The fraction of sp³-hybridized carbons (Fsp3) is 0.261. The molecule has 0 bridgehead atoms. The number of anilines is 1. The predicted octanol–water partition coefficient (Wildman–Crippen LogP) is 3.99. The van der Waals surface area contributed by atoms with Crippen LogP contribution in [0, 0.1) is 18.8 Å². The summed E-state index contributed by atoms with van der Waals surface area (Å²) >= 11 is 0. The summed E-state index contributed by atoms with van der Waals surface area (Å²) in [5.41, 5.74) is 3.68. The number of para-hydroxylation sites is 1. The molecule has 1 fully saturated rings. The van der Waals surface area contributed by atoms with Gasteiger partial charge in [0.15, 0.2) is 6.61 Å². The number of carbonyl (C=O) groups is 2. The molecule has 1 N–H and O–H groups in total. The number of aryl methyl sites for hydroxylation is 1. The number of hydrogen-bond donors (Lipinski definition) is 1. The average Bonchev–Trinajstić information content (AvgIpc) is 3.32. The topological polar surface area (TPSA) is 73.2 Å². The number of aromatic nitrogens is 2. The van der Waals surface area contributed by atoms with E-state index in [0.717, 1.165) is 28.9 Å². The SMILES string of the molecule is Cc1ccc(-c2cc(NC(=O)COC(=O)[C@H]3C[C@H]3C)n(-c3ccccc3)n2)cc1. The highest BCUT2D eigenvalue weighted by Gasteiger charge is 2.40. The molecule has 2 atom stereocenters. The first-order valence-corrected chi connectivity index (χ1v) is 9.70. The first-order valence-electron chi connectivity index (χ1n) is 9.70. The Morgan fingerprint density at radius 1 is 1.14 bits per heavy atom. The molecule has 0 spiro atoms. The summed E-state index contributed by atoms with van der Waals surface area (Å²) in [6, 6.07) is 19.4. The van der Waals surface area contributed by atoms with E-state index >= 15 is 0 Å². The van der Waals surface area contributed by atoms with Gasteiger partial charge in [0.05, 0.1) is 17.3 Å². The third-order valence-electron chi connectivity index (χ3n) is 5.08. The molecule has 0 radical (unpaired) electrons. The zero-order chi connectivity index (χ0) is 20.4. The number of amides is 1. The third-order valence-corrected chi connectivity index (χ3v) is 5.08. The van der Waals surface area contributed by atoms with Crippen LogP contribution in [0.2, 0.25) is 0 Å². The van der Waals surface area contributed by atoms with Gasteiger partial charge in [0.1, 0.15) is 5.82 Å². The second-order valence-corrected chi connectivity index (χ2v) is 7.50. The highest BCUT2D eigenvalue weighted by molar-refractivity contribution is 5.93. The van der Waals surface area contributed by atoms with E-state index in [1.54, 1.807) is 4.68 Å². The molecular formula is C23H23N3O3. The second-order valence-electron chi connectivity index (χ2n) is 7.50. The summed E-state index contributed by atoms with van der Waals surface area (Å²) in [5.74, 6) is 0.115. The van der Waals surface area contributed by atoms with Crippen LogP contribution in [-0.2, 0) is 14.3 Å². The van der Waals surface area contributed by atoms with Crippen LogP contribution in [-0.4, -0.2) is 28.3 Å². The van der Waals surface area contributed by atoms with Crippen molar-refractivity contribution in [1.82, 2.24) is 9.78 Å². The van der Waals surface area contributed by atoms with Crippen LogP contribution >= 0.6 is 0 Å². The molecule has 1 aliphatic carbocycles. The van der Waals surface area contributed by atoms with Crippen molar-refractivity contribution in [1.29, 1.82) is 0 Å². The lowest BCUT2D eigenvalue weighted by atomic mass is 10.1. The quantitative estimate of drug-likeness (QED) is 0.647. The van der Waals surface area contributed by atoms with E-state index in [9.17, 15) is 9.59 Å². The molecule has 6 heteroatoms. The van der Waals surface area contributed by atoms with Crippen molar-refractivity contribution in [3.05, 3.63) is 66.2 Å². The molecule has 6 nitrogen and oxygen atoms in total. The molecule has 1 heterocycles. The maximum atomic E-state index is 12.4. The van der Waals surface area contributed by atoms with E-state index in [1.165, 1.54) is 0 Å². The zero-order valence-electron chi connectivity index (χ0n) is 16.5. The van der Waals surface area contributed by atoms with Crippen molar-refractivity contribution in [3.8, 4) is 16.9 Å². The largest absolute Gasteiger partial charge is 0.455 e. The van der Waals surface area contributed by atoms with Crippen LogP contribution in [0.5, 0.6) is 0 Å². The van der Waals surface area contributed by atoms with Gasteiger partial charge in [-0.1, -0.05) is 55.0 Å². The highest BCUT2D eigenvalue weighted by Crippen LogP contribution is 2.38. The Bertz CT molecular complexity index is 1030. The van der Waals surface area contributed by atoms with E-state index in [1.807, 2.05) is 74.5 Å². The minimum absolute atomic E-state index is 0.0641. The number of carbonyl (C=O) groups excluding carboxylic acids is 2. The van der Waals surface area contributed by atoms with Crippen LogP contribution < -0.4 is 5.32 Å². The van der Waals surface area contributed by atoms with E-state index in [2.05, 4.69) is 10.4 Å². The third kappa shape index (κ3) is 4.37. The number of nitrogens with one attached hydrogen (secondary N) is 1. The molecule has 1 saturated carbocycles. The second kappa shape index (κ2) is 7.91. The molecule has 0 unspecified atom stereocenters. The Morgan fingerprint density at radius 2 is 1.83 bits per heavy atom. The van der Waals surface area contributed by atoms with Crippen LogP contribution in [0.3, 0.4) is 0 Å². The highest BCUT2D eigenvalue weighted by atomic mass is 16.5. The predicted molar refractivity (Wildman–Crippen MR) is 111 cm³/mol. The number of benzene rings is 2. The molecule has 1 aliphatic rings. The first-order chi connectivity index (χ1) is 14.0. The lowest BCUT2D eigenvalue weighted by Gasteiger charge is -2.09. The van der Waals surface area contributed by atoms with Crippen molar-refractivity contribution in [3.63, 3.8) is 0 Å². The summed E-state index contributed by atoms with van der Waals surface area (Å²) in [6.45, 7) is 3.72. The minimum Gasteiger partial charge on any atom is -0.455 e. The Hall–Kier alpha value is -3.41. The van der Waals surface area contributed by atoms with Gasteiger partial charge >= 0.3 is 5.97 Å². The Kier molecular flexibility index (Phi) is 5.16. The van der Waals surface area contributed by atoms with Crippen molar-refractivity contribution in [2.45, 2.75) is 20.3 Å². The molecule has 4 rings (SSSR count). The molecule has 0 saturated heterocycles. The van der Waals surface area contributed by atoms with E-state index in [4.69, 9.17) is 4.74 Å². The van der Waals surface area contributed by atoms with E-state index in [-0.39, 0.29) is 24.4 Å². The van der Waals surface area contributed by atoms with Crippen molar-refractivity contribution in [2.75, 3.05) is 11.9 Å². The fourth-order valence-corrected chi connectivity index (χ4v) is 3.17. The number of esters is 1. The molecule has 29 heavy (non-hydrogen) atoms. The van der Waals surface area contributed by atoms with Crippen LogP contribution in [0.4, 0.5) is 5.82 Å². The zero-order valence-corrected chi connectivity index (χ0v) is 16.5. The van der Waals surface area contributed by atoms with Crippen molar-refractivity contribution < 1.29 is 14.3 Å². The summed E-state index contributed by atoms with van der Waals surface area (Å²) in [4.78, 5) is 24.2. The first kappa shape index (κ1) is 18.9. The Morgan fingerprint density at radius 3 is 2.48 bits per heavy atom. The maximum Gasteiger partial charge on any atom is 0.309 e. The number of hydrogen-bond acceptors (Lipinski definition) is 4. The van der Waals surface area contributed by atoms with E-state index in [0.29, 0.717) is 11.7 Å². The van der Waals surface area contributed by atoms with Gasteiger partial charge in [0, 0.05) is 11.6 Å². The van der Waals surface area contributed by atoms with Crippen molar-refractivity contribution in [2.24, 2.45) is 11.8 Å². The van der Waals surface area contributed by atoms with Gasteiger partial charge in [0.2, 0.25) is 0 Å². The minimum atomic E-state index is -0.390. The molecule has 1 amide bonds. The van der Waals surface area contributed by atoms with Gasteiger partial charge in [-0.25, -0.2) is 4.68 Å². The lowest BCUT2D eigenvalue weighted by molar-refractivity contribution is -0.148. The van der Waals surface area contributed by atoms with Gasteiger partial charge in [-0.2, -0.15) is 5.10 Å². The van der Waals surface area contributed by atoms with E-state index < -0.39 is 0 Å². The molecular weight excluding hydrogens is 366 g/mol. The van der Waals surface area contributed by atoms with Crippen molar-refractivity contribution >= 4 is 17.7 Å². The molecule has 148 valence electrons. The fourth-order valence-electron chi connectivity index (χ4n) is 3.17. The maximum absolute atomic E-state index is 12.4. The van der Waals surface area contributed by atoms with Gasteiger partial charge in [-0.3, -0.25) is 9.59 Å². The van der Waals surface area contributed by atoms with Crippen LogP contribution in [0.15, 0.2) is 60.7 Å². The lowest BCUT2D eigenvalue weighted by Crippen LogP contribution is -2.23. The summed E-state index contributed by atoms with van der Waals surface area (Å²) in [7, 11) is 0. The van der Waals surface area contributed by atoms with Crippen LogP contribution in [0.25, 0.3) is 16.9 Å². The molecule has 2 aromatic carbocycles. The molecule has 0 aliphatic heterocycles. The number of nitrogens with zero attached hydrogens (tertiary/aromatic N) is 2. The number of rotatable bonds is 6. The van der Waals surface area contributed by atoms with Gasteiger partial charge in [0.25, 0.3) is 5.91 Å². The summed E-state index contributed by atoms with van der Waals surface area (Å²) < 4.78 is 6.82. The standard InChI is InChI=1S/C23H23N3O3/c1-15-8-10-17(11-9-15)20-13-21(26(25-20)18-6-4-3-5-7-18)24-22(27)14-29-23(28)19-12-16(19)2/h3-11,13,16,19H,12,14H2,1-2H3,(H,24,27)/t16-,19+/m1/s1. The number of ether oxygens (including phenoxy) is 1. The van der Waals surface area contributed by atoms with Gasteiger partial charge in [-0.15, -0.1) is 0 Å². The normalized spacial score (nSPS) is 17.6. The average molecular weight is 389 g/mol. The smallest absolute Gasteiger partial charge is 0.309 e.